The van der Waals surface area contributed by atoms with Crippen molar-refractivity contribution in [3.05, 3.63) is 29.4 Å². The van der Waals surface area contributed by atoms with E-state index in [4.69, 9.17) is 18.7 Å². The number of fused-ring (bicyclic) bond motifs is 1. The van der Waals surface area contributed by atoms with Crippen LogP contribution >= 0.6 is 0 Å². The van der Waals surface area contributed by atoms with Gasteiger partial charge in [-0.2, -0.15) is 9.29 Å². The van der Waals surface area contributed by atoms with Crippen LogP contribution in [-0.4, -0.2) is 67.5 Å². The van der Waals surface area contributed by atoms with E-state index in [-0.39, 0.29) is 24.0 Å². The van der Waals surface area contributed by atoms with E-state index in [2.05, 4.69) is 10.1 Å². The molecule has 182 valence electrons. The van der Waals surface area contributed by atoms with Crippen LogP contribution in [0.2, 0.25) is 0 Å². The Labute approximate surface area is 197 Å². The van der Waals surface area contributed by atoms with Gasteiger partial charge in [0.15, 0.2) is 18.2 Å². The molecule has 1 aromatic heterocycles. The number of hydrogen-bond acceptors (Lipinski definition) is 9. The van der Waals surface area contributed by atoms with Crippen LogP contribution in [0.5, 0.6) is 5.75 Å². The molecule has 0 unspecified atom stereocenters. The summed E-state index contributed by atoms with van der Waals surface area (Å²) in [4.78, 5) is 18.7. The lowest BCUT2D eigenvalue weighted by Crippen LogP contribution is -2.47. The molecule has 4 aliphatic rings. The van der Waals surface area contributed by atoms with Crippen LogP contribution < -0.4 is 9.64 Å². The maximum atomic E-state index is 13.5. The monoisotopic (exact) mass is 490 g/mol. The van der Waals surface area contributed by atoms with Crippen molar-refractivity contribution in [1.82, 2.24) is 14.4 Å². The Morgan fingerprint density at radius 2 is 1.88 bits per heavy atom. The van der Waals surface area contributed by atoms with Gasteiger partial charge in [0.05, 0.1) is 30.3 Å². The molecule has 0 atom stereocenters. The number of benzene rings is 1. The minimum Gasteiger partial charge on any atom is -0.482 e. The van der Waals surface area contributed by atoms with Gasteiger partial charge < -0.3 is 18.7 Å². The topological polar surface area (TPSA) is 124 Å². The lowest BCUT2D eigenvalue weighted by atomic mass is 10.1. The summed E-state index contributed by atoms with van der Waals surface area (Å²) in [5, 5.41) is 4.01. The number of carbonyl (C=O) groups excluding carboxylic acids is 1. The number of ether oxygens (including phenoxy) is 3. The maximum absolute atomic E-state index is 13.5. The number of carbonyl (C=O) groups is 1. The first-order chi connectivity index (χ1) is 16.3. The van der Waals surface area contributed by atoms with Crippen molar-refractivity contribution in [1.29, 1.82) is 0 Å². The van der Waals surface area contributed by atoms with Gasteiger partial charge in [-0.3, -0.25) is 9.69 Å². The highest BCUT2D eigenvalue weighted by atomic mass is 32.2. The number of aryl methyl sites for hydroxylation is 1. The molecule has 3 aliphatic heterocycles. The third-order valence-corrected chi connectivity index (χ3v) is 8.87. The molecule has 11 nitrogen and oxygen atoms in total. The SMILES string of the molecule is Cc1cc2c(cc1S(=O)(=O)N1CCC3(CC1)OCCO3)OCC(=O)N2Cc1noc(C2CC2)n1. The van der Waals surface area contributed by atoms with Crippen LogP contribution in [0, 0.1) is 6.92 Å². The van der Waals surface area contributed by atoms with Crippen LogP contribution in [0.15, 0.2) is 21.6 Å². The number of rotatable bonds is 5. The van der Waals surface area contributed by atoms with Gasteiger partial charge in [0, 0.05) is 37.9 Å². The Hall–Kier alpha value is -2.54. The molecule has 12 heteroatoms. The normalized spacial score (nSPS) is 22.7. The van der Waals surface area contributed by atoms with E-state index < -0.39 is 15.8 Å². The van der Waals surface area contributed by atoms with Gasteiger partial charge in [0.25, 0.3) is 5.91 Å². The van der Waals surface area contributed by atoms with Gasteiger partial charge in [-0.05, 0) is 31.4 Å². The fourth-order valence-electron chi connectivity index (χ4n) is 4.74. The van der Waals surface area contributed by atoms with E-state index in [1.807, 2.05) is 0 Å². The van der Waals surface area contributed by atoms with Crippen molar-refractivity contribution in [2.75, 3.05) is 37.8 Å². The standard InChI is InChI=1S/C22H26N4O7S/c1-14-10-16-17(30-13-20(27)26(16)12-19-23-21(33-24-19)15-2-3-15)11-18(14)34(28,29)25-6-4-22(5-7-25)31-8-9-32-22/h10-11,15H,2-9,12-13H2,1H3. The van der Waals surface area contributed by atoms with Crippen molar-refractivity contribution in [2.24, 2.45) is 0 Å². The van der Waals surface area contributed by atoms with Crippen molar-refractivity contribution >= 4 is 21.6 Å². The summed E-state index contributed by atoms with van der Waals surface area (Å²) >= 11 is 0. The van der Waals surface area contributed by atoms with Crippen LogP contribution in [0.4, 0.5) is 5.69 Å². The molecule has 4 heterocycles. The molecule has 0 radical (unpaired) electrons. The minimum absolute atomic E-state index is 0.130. The van der Waals surface area contributed by atoms with Crippen LogP contribution in [0.3, 0.4) is 0 Å². The Morgan fingerprint density at radius 3 is 2.59 bits per heavy atom. The first-order valence-corrected chi connectivity index (χ1v) is 13.0. The molecule has 6 rings (SSSR count). The second-order valence-corrected chi connectivity index (χ2v) is 11.1. The van der Waals surface area contributed by atoms with Crippen LogP contribution in [-0.2, 0) is 30.8 Å². The summed E-state index contributed by atoms with van der Waals surface area (Å²) in [7, 11) is -3.76. The van der Waals surface area contributed by atoms with Crippen molar-refractivity contribution in [3.63, 3.8) is 0 Å². The van der Waals surface area contributed by atoms with Gasteiger partial charge in [0.1, 0.15) is 5.75 Å². The van der Waals surface area contributed by atoms with Crippen LogP contribution in [0.1, 0.15) is 48.9 Å². The Kier molecular flexibility index (Phi) is 5.17. The number of sulfonamides is 1. The molecular weight excluding hydrogens is 464 g/mol. The number of hydrogen-bond donors (Lipinski definition) is 0. The minimum atomic E-state index is -3.76. The molecular formula is C22H26N4O7S. The fraction of sp³-hybridized carbons (Fsp3) is 0.591. The zero-order valence-corrected chi connectivity index (χ0v) is 19.7. The molecule has 0 N–H and O–H groups in total. The Balaban J connectivity index is 1.25. The third-order valence-electron chi connectivity index (χ3n) is 6.83. The molecule has 1 spiro atoms. The van der Waals surface area contributed by atoms with Crippen molar-refractivity contribution < 1.29 is 31.9 Å². The average molecular weight is 491 g/mol. The first-order valence-electron chi connectivity index (χ1n) is 11.5. The zero-order valence-electron chi connectivity index (χ0n) is 18.9. The number of anilines is 1. The summed E-state index contributed by atoms with van der Waals surface area (Å²) < 4.78 is 50.8. The van der Waals surface area contributed by atoms with Crippen LogP contribution in [0.25, 0.3) is 0 Å². The predicted octanol–water partition coefficient (Wildman–Crippen LogP) is 1.71. The largest absolute Gasteiger partial charge is 0.482 e. The average Bonchev–Trinajstić information content (AvgIpc) is 3.40. The summed E-state index contributed by atoms with van der Waals surface area (Å²) in [5.41, 5.74) is 1.03. The molecule has 3 fully saturated rings. The lowest BCUT2D eigenvalue weighted by Gasteiger charge is -2.37. The number of piperidine rings is 1. The molecule has 1 amide bonds. The summed E-state index contributed by atoms with van der Waals surface area (Å²) in [6.07, 6.45) is 3.05. The zero-order chi connectivity index (χ0) is 23.5. The third kappa shape index (κ3) is 3.78. The summed E-state index contributed by atoms with van der Waals surface area (Å²) in [6.45, 7) is 3.36. The van der Waals surface area contributed by atoms with Crippen molar-refractivity contribution in [3.8, 4) is 5.75 Å². The summed E-state index contributed by atoms with van der Waals surface area (Å²) in [6, 6.07) is 3.19. The first kappa shape index (κ1) is 22.0. The van der Waals surface area contributed by atoms with Gasteiger partial charge >= 0.3 is 0 Å². The highest BCUT2D eigenvalue weighted by Crippen LogP contribution is 2.41. The molecule has 34 heavy (non-hydrogen) atoms. The Morgan fingerprint density at radius 1 is 1.15 bits per heavy atom. The smallest absolute Gasteiger partial charge is 0.265 e. The van der Waals surface area contributed by atoms with E-state index in [0.717, 1.165) is 12.8 Å². The van der Waals surface area contributed by atoms with E-state index >= 15 is 0 Å². The Bertz CT molecular complexity index is 1220. The van der Waals surface area contributed by atoms with Gasteiger partial charge in [-0.15, -0.1) is 0 Å². The quantitative estimate of drug-likeness (QED) is 0.616. The fourth-order valence-corrected chi connectivity index (χ4v) is 6.41. The van der Waals surface area contributed by atoms with E-state index in [1.165, 1.54) is 15.3 Å². The van der Waals surface area contributed by atoms with Gasteiger partial charge in [-0.25, -0.2) is 8.42 Å². The van der Waals surface area contributed by atoms with E-state index in [1.54, 1.807) is 13.0 Å². The van der Waals surface area contributed by atoms with Crippen molar-refractivity contribution in [2.45, 2.75) is 55.8 Å². The predicted molar refractivity (Wildman–Crippen MR) is 117 cm³/mol. The second-order valence-electron chi connectivity index (χ2n) is 9.19. The van der Waals surface area contributed by atoms with Gasteiger partial charge in [-0.1, -0.05) is 5.16 Å². The highest BCUT2D eigenvalue weighted by molar-refractivity contribution is 7.89. The number of aromatic nitrogens is 2. The van der Waals surface area contributed by atoms with E-state index in [0.29, 0.717) is 73.8 Å². The molecule has 0 bridgehead atoms. The second kappa shape index (κ2) is 8.01. The summed E-state index contributed by atoms with van der Waals surface area (Å²) in [5.74, 6) is 0.764. The maximum Gasteiger partial charge on any atom is 0.265 e. The molecule has 2 aromatic rings. The highest BCUT2D eigenvalue weighted by Gasteiger charge is 2.43. The number of amides is 1. The number of nitrogens with zero attached hydrogens (tertiary/aromatic N) is 4. The lowest BCUT2D eigenvalue weighted by molar-refractivity contribution is -0.179. The van der Waals surface area contributed by atoms with E-state index in [9.17, 15) is 13.2 Å². The van der Waals surface area contributed by atoms with Gasteiger partial charge in [0.2, 0.25) is 15.9 Å². The molecule has 1 saturated carbocycles. The molecule has 1 aliphatic carbocycles. The molecule has 1 aromatic carbocycles. The molecule has 2 saturated heterocycles.